The van der Waals surface area contributed by atoms with E-state index in [-0.39, 0.29) is 29.9 Å². The summed E-state index contributed by atoms with van der Waals surface area (Å²) in [6.45, 7) is 5.68. The van der Waals surface area contributed by atoms with E-state index in [2.05, 4.69) is 5.92 Å². The molecular weight excluding hydrogens is 244 g/mol. The molecule has 2 aliphatic rings. The van der Waals surface area contributed by atoms with Crippen molar-refractivity contribution in [3.8, 4) is 12.3 Å². The van der Waals surface area contributed by atoms with Crippen molar-refractivity contribution in [2.24, 2.45) is 17.8 Å². The third kappa shape index (κ3) is 2.60. The van der Waals surface area contributed by atoms with Crippen molar-refractivity contribution >= 4 is 11.9 Å². The van der Waals surface area contributed by atoms with Crippen LogP contribution in [0.15, 0.2) is 0 Å². The molecule has 0 radical (unpaired) electrons. The van der Waals surface area contributed by atoms with Crippen LogP contribution in [0.2, 0.25) is 0 Å². The first kappa shape index (κ1) is 13.9. The van der Waals surface area contributed by atoms with E-state index in [9.17, 15) is 9.59 Å². The lowest BCUT2D eigenvalue weighted by Gasteiger charge is -2.35. The van der Waals surface area contributed by atoms with Gasteiger partial charge < -0.3 is 9.47 Å². The van der Waals surface area contributed by atoms with Gasteiger partial charge in [-0.1, -0.05) is 6.92 Å². The van der Waals surface area contributed by atoms with E-state index >= 15 is 0 Å². The molecule has 104 valence electrons. The molecule has 2 rings (SSSR count). The minimum atomic E-state index is -0.400. The Kier molecular flexibility index (Phi) is 3.58. The maximum absolute atomic E-state index is 12.2. The molecule has 4 heteroatoms. The number of carbonyl (C=O) groups is 2. The van der Waals surface area contributed by atoms with Gasteiger partial charge in [0.1, 0.15) is 11.7 Å². The van der Waals surface area contributed by atoms with Gasteiger partial charge in [0.15, 0.2) is 0 Å². The number of fused-ring (bicyclic) bond motifs is 2. The van der Waals surface area contributed by atoms with Gasteiger partial charge in [-0.3, -0.25) is 9.59 Å². The molecule has 0 aromatic carbocycles. The van der Waals surface area contributed by atoms with Crippen LogP contribution in [0.25, 0.3) is 0 Å². The van der Waals surface area contributed by atoms with Gasteiger partial charge in [0.2, 0.25) is 0 Å². The normalized spacial score (nSPS) is 38.2. The maximum Gasteiger partial charge on any atom is 0.310 e. The second kappa shape index (κ2) is 4.88. The number of esters is 2. The van der Waals surface area contributed by atoms with Crippen LogP contribution in [0.4, 0.5) is 0 Å². The smallest absolute Gasteiger partial charge is 0.310 e. The highest BCUT2D eigenvalue weighted by atomic mass is 16.6. The minimum Gasteiger partial charge on any atom is -0.461 e. The summed E-state index contributed by atoms with van der Waals surface area (Å²) >= 11 is 0. The summed E-state index contributed by atoms with van der Waals surface area (Å²) in [5, 5.41) is 0. The molecule has 1 saturated carbocycles. The number of hydrogen-bond acceptors (Lipinski definition) is 4. The van der Waals surface area contributed by atoms with Crippen molar-refractivity contribution < 1.29 is 19.1 Å². The monoisotopic (exact) mass is 264 g/mol. The van der Waals surface area contributed by atoms with Crippen molar-refractivity contribution in [1.82, 2.24) is 0 Å². The lowest BCUT2D eigenvalue weighted by molar-refractivity contribution is -0.160. The molecule has 2 bridgehead atoms. The molecule has 2 fully saturated rings. The van der Waals surface area contributed by atoms with Crippen molar-refractivity contribution in [3.63, 3.8) is 0 Å². The third-order valence-corrected chi connectivity index (χ3v) is 4.10. The van der Waals surface area contributed by atoms with Crippen LogP contribution in [-0.2, 0) is 19.1 Å². The molecule has 0 aromatic heterocycles. The molecule has 0 aromatic rings. The SMILES string of the molecule is C#CC[C@H](C)OC(=O)[C@@H]1[C@H](C)C[C@]2(C)C[C@@H]1C(=O)O2. The molecule has 0 unspecified atom stereocenters. The van der Waals surface area contributed by atoms with Crippen LogP contribution in [-0.4, -0.2) is 23.6 Å². The second-order valence-corrected chi connectivity index (χ2v) is 6.04. The predicted octanol–water partition coefficient (Wildman–Crippen LogP) is 1.92. The first-order valence-corrected chi connectivity index (χ1v) is 6.73. The van der Waals surface area contributed by atoms with Gasteiger partial charge in [0.25, 0.3) is 0 Å². The van der Waals surface area contributed by atoms with Crippen molar-refractivity contribution in [1.29, 1.82) is 0 Å². The highest BCUT2D eigenvalue weighted by Crippen LogP contribution is 2.48. The lowest BCUT2D eigenvalue weighted by Crippen LogP contribution is -2.41. The summed E-state index contributed by atoms with van der Waals surface area (Å²) in [6, 6.07) is 0. The number of terminal acetylenes is 1. The summed E-state index contributed by atoms with van der Waals surface area (Å²) in [7, 11) is 0. The molecule has 5 atom stereocenters. The molecule has 1 aliphatic carbocycles. The Bertz CT molecular complexity index is 436. The summed E-state index contributed by atoms with van der Waals surface area (Å²) in [4.78, 5) is 24.1. The zero-order valence-electron chi connectivity index (χ0n) is 11.6. The summed E-state index contributed by atoms with van der Waals surface area (Å²) < 4.78 is 10.7. The molecule has 0 spiro atoms. The third-order valence-electron chi connectivity index (χ3n) is 4.10. The number of hydrogen-bond donors (Lipinski definition) is 0. The van der Waals surface area contributed by atoms with E-state index in [1.165, 1.54) is 0 Å². The Morgan fingerprint density at radius 2 is 2.32 bits per heavy atom. The van der Waals surface area contributed by atoms with Crippen molar-refractivity contribution in [3.05, 3.63) is 0 Å². The standard InChI is InChI=1S/C15H20O4/c1-5-6-10(3)18-14(17)12-9(2)7-15(4)8-11(12)13(16)19-15/h1,9-12H,6-8H2,2-4H3/t9-,10+,11+,12-,15-/m1/s1. The van der Waals surface area contributed by atoms with Gasteiger partial charge in [0, 0.05) is 12.8 Å². The molecule has 0 amide bonds. The van der Waals surface area contributed by atoms with E-state index in [4.69, 9.17) is 15.9 Å². The van der Waals surface area contributed by atoms with E-state index in [1.807, 2.05) is 13.8 Å². The zero-order valence-corrected chi connectivity index (χ0v) is 11.6. The fourth-order valence-corrected chi connectivity index (χ4v) is 3.39. The largest absolute Gasteiger partial charge is 0.461 e. The van der Waals surface area contributed by atoms with Gasteiger partial charge in [-0.25, -0.2) is 0 Å². The van der Waals surface area contributed by atoms with Crippen molar-refractivity contribution in [2.75, 3.05) is 0 Å². The Hall–Kier alpha value is -1.50. The van der Waals surface area contributed by atoms with Gasteiger partial charge >= 0.3 is 11.9 Å². The summed E-state index contributed by atoms with van der Waals surface area (Å²) in [5.41, 5.74) is -0.400. The zero-order chi connectivity index (χ0) is 14.2. The molecule has 1 heterocycles. The number of carbonyl (C=O) groups excluding carboxylic acids is 2. The lowest BCUT2D eigenvalue weighted by atomic mass is 9.69. The van der Waals surface area contributed by atoms with Gasteiger partial charge in [-0.2, -0.15) is 0 Å². The van der Waals surface area contributed by atoms with E-state index < -0.39 is 11.5 Å². The Labute approximate surface area is 113 Å². The van der Waals surface area contributed by atoms with E-state index in [1.54, 1.807) is 6.92 Å². The van der Waals surface area contributed by atoms with Crippen LogP contribution < -0.4 is 0 Å². The quantitative estimate of drug-likeness (QED) is 0.577. The summed E-state index contributed by atoms with van der Waals surface area (Å²) in [5.74, 6) is 1.21. The Morgan fingerprint density at radius 1 is 1.63 bits per heavy atom. The Morgan fingerprint density at radius 3 is 2.95 bits per heavy atom. The topological polar surface area (TPSA) is 52.6 Å². The van der Waals surface area contributed by atoms with Crippen LogP contribution in [0, 0.1) is 30.1 Å². The van der Waals surface area contributed by atoms with Gasteiger partial charge in [-0.05, 0) is 26.2 Å². The second-order valence-electron chi connectivity index (χ2n) is 6.04. The first-order valence-electron chi connectivity index (χ1n) is 6.73. The maximum atomic E-state index is 12.2. The average Bonchev–Trinajstić information content (AvgIpc) is 2.49. The molecular formula is C15H20O4. The first-order chi connectivity index (χ1) is 8.86. The fourth-order valence-electron chi connectivity index (χ4n) is 3.39. The molecule has 1 saturated heterocycles. The van der Waals surface area contributed by atoms with Gasteiger partial charge in [-0.15, -0.1) is 12.3 Å². The fraction of sp³-hybridized carbons (Fsp3) is 0.733. The van der Waals surface area contributed by atoms with Crippen LogP contribution in [0.3, 0.4) is 0 Å². The van der Waals surface area contributed by atoms with Crippen LogP contribution >= 0.6 is 0 Å². The predicted molar refractivity (Wildman–Crippen MR) is 68.9 cm³/mol. The highest BCUT2D eigenvalue weighted by molar-refractivity contribution is 5.84. The minimum absolute atomic E-state index is 0.0840. The van der Waals surface area contributed by atoms with E-state index in [0.29, 0.717) is 19.3 Å². The molecule has 0 N–H and O–H groups in total. The van der Waals surface area contributed by atoms with E-state index in [0.717, 1.165) is 0 Å². The van der Waals surface area contributed by atoms with Crippen LogP contribution in [0.1, 0.15) is 40.0 Å². The molecule has 19 heavy (non-hydrogen) atoms. The average molecular weight is 264 g/mol. The van der Waals surface area contributed by atoms with Gasteiger partial charge in [0.05, 0.1) is 11.8 Å². The molecule has 1 aliphatic heterocycles. The number of rotatable bonds is 3. The van der Waals surface area contributed by atoms with Crippen molar-refractivity contribution in [2.45, 2.75) is 51.7 Å². The molecule has 4 nitrogen and oxygen atoms in total. The summed E-state index contributed by atoms with van der Waals surface area (Å²) in [6.07, 6.45) is 6.59. The highest BCUT2D eigenvalue weighted by Gasteiger charge is 2.56. The Balaban J connectivity index is 2.09. The number of ether oxygens (including phenoxy) is 2. The van der Waals surface area contributed by atoms with Crippen LogP contribution in [0.5, 0.6) is 0 Å².